The van der Waals surface area contributed by atoms with Crippen LogP contribution >= 0.6 is 0 Å². The highest BCUT2D eigenvalue weighted by atomic mass is 16.5. The Kier molecular flexibility index (Phi) is 5.15. The summed E-state index contributed by atoms with van der Waals surface area (Å²) in [6.45, 7) is 7.59. The molecule has 0 aromatic heterocycles. The van der Waals surface area contributed by atoms with Crippen LogP contribution in [0.3, 0.4) is 0 Å². The molecule has 1 aromatic rings. The van der Waals surface area contributed by atoms with Crippen LogP contribution in [0.1, 0.15) is 31.2 Å². The first kappa shape index (κ1) is 14.9. The van der Waals surface area contributed by atoms with Gasteiger partial charge in [-0.15, -0.1) is 0 Å². The molecule has 1 N–H and O–H groups in total. The molecular weight excluding hydrogens is 260 g/mol. The second-order valence-corrected chi connectivity index (χ2v) is 6.61. The number of aryl methyl sites for hydroxylation is 1. The average molecular weight is 288 g/mol. The Labute approximate surface area is 128 Å². The van der Waals surface area contributed by atoms with E-state index in [-0.39, 0.29) is 0 Å². The summed E-state index contributed by atoms with van der Waals surface area (Å²) in [6.07, 6.45) is 5.52. The van der Waals surface area contributed by atoms with Gasteiger partial charge in [-0.3, -0.25) is 4.90 Å². The molecule has 1 saturated carbocycles. The topological polar surface area (TPSA) is 24.5 Å². The minimum atomic E-state index is 0.696. The van der Waals surface area contributed by atoms with Crippen LogP contribution in [0.2, 0.25) is 0 Å². The molecule has 1 aliphatic heterocycles. The molecule has 1 unspecified atom stereocenters. The molecule has 1 saturated heterocycles. The van der Waals surface area contributed by atoms with Crippen LogP contribution in [-0.4, -0.2) is 43.7 Å². The van der Waals surface area contributed by atoms with E-state index in [1.807, 2.05) is 6.07 Å². The molecule has 0 amide bonds. The molecule has 1 aliphatic carbocycles. The van der Waals surface area contributed by atoms with Crippen LogP contribution in [0.5, 0.6) is 5.75 Å². The summed E-state index contributed by atoms with van der Waals surface area (Å²) in [7, 11) is 0. The smallest absolute Gasteiger partial charge is 0.122 e. The van der Waals surface area contributed by atoms with Gasteiger partial charge >= 0.3 is 0 Å². The first-order valence-electron chi connectivity index (χ1n) is 8.45. The number of para-hydroxylation sites is 1. The fourth-order valence-electron chi connectivity index (χ4n) is 3.15. The van der Waals surface area contributed by atoms with Crippen molar-refractivity contribution in [1.29, 1.82) is 0 Å². The Hall–Kier alpha value is -1.06. The molecule has 0 bridgehead atoms. The van der Waals surface area contributed by atoms with E-state index in [0.717, 1.165) is 24.8 Å². The van der Waals surface area contributed by atoms with Crippen LogP contribution in [0, 0.1) is 12.8 Å². The number of nitrogens with zero attached hydrogens (tertiary/aromatic N) is 1. The van der Waals surface area contributed by atoms with Gasteiger partial charge in [0.05, 0.1) is 0 Å². The average Bonchev–Trinajstić information content (AvgIpc) is 3.14. The molecule has 1 heterocycles. The summed E-state index contributed by atoms with van der Waals surface area (Å²) >= 11 is 0. The van der Waals surface area contributed by atoms with Crippen molar-refractivity contribution < 1.29 is 4.74 Å². The van der Waals surface area contributed by atoms with E-state index in [0.29, 0.717) is 6.04 Å². The van der Waals surface area contributed by atoms with E-state index in [9.17, 15) is 0 Å². The Bertz CT molecular complexity index is 439. The van der Waals surface area contributed by atoms with Gasteiger partial charge in [0.1, 0.15) is 12.4 Å². The molecule has 21 heavy (non-hydrogen) atoms. The van der Waals surface area contributed by atoms with Gasteiger partial charge in [0.2, 0.25) is 0 Å². The highest BCUT2D eigenvalue weighted by molar-refractivity contribution is 5.31. The van der Waals surface area contributed by atoms with Crippen molar-refractivity contribution in [3.63, 3.8) is 0 Å². The Morgan fingerprint density at radius 1 is 1.19 bits per heavy atom. The maximum Gasteiger partial charge on any atom is 0.122 e. The number of hydrogen-bond acceptors (Lipinski definition) is 3. The third kappa shape index (κ3) is 4.72. The lowest BCUT2D eigenvalue weighted by Gasteiger charge is -2.25. The van der Waals surface area contributed by atoms with Crippen LogP contribution in [0.25, 0.3) is 0 Å². The van der Waals surface area contributed by atoms with Crippen LogP contribution < -0.4 is 10.1 Å². The first-order chi connectivity index (χ1) is 10.3. The van der Waals surface area contributed by atoms with Crippen LogP contribution in [0.15, 0.2) is 24.3 Å². The van der Waals surface area contributed by atoms with Crippen molar-refractivity contribution in [1.82, 2.24) is 10.2 Å². The zero-order valence-electron chi connectivity index (χ0n) is 13.2. The summed E-state index contributed by atoms with van der Waals surface area (Å²) in [4.78, 5) is 2.61. The maximum atomic E-state index is 5.97. The summed E-state index contributed by atoms with van der Waals surface area (Å²) < 4.78 is 5.97. The standard InChI is InChI=1S/C18H28N2O/c1-15-5-2-3-7-18(15)21-12-11-20(13-16-8-9-16)14-17-6-4-10-19-17/h2-3,5,7,16-17,19H,4,6,8-14H2,1H3. The van der Waals surface area contributed by atoms with Gasteiger partial charge in [0, 0.05) is 25.7 Å². The molecule has 0 radical (unpaired) electrons. The minimum Gasteiger partial charge on any atom is -0.492 e. The van der Waals surface area contributed by atoms with Gasteiger partial charge in [0.15, 0.2) is 0 Å². The number of hydrogen-bond donors (Lipinski definition) is 1. The fourth-order valence-corrected chi connectivity index (χ4v) is 3.15. The van der Waals surface area contributed by atoms with E-state index >= 15 is 0 Å². The van der Waals surface area contributed by atoms with Crippen molar-refractivity contribution in [2.45, 2.75) is 38.6 Å². The second kappa shape index (κ2) is 7.28. The number of rotatable bonds is 8. The van der Waals surface area contributed by atoms with E-state index in [1.165, 1.54) is 50.9 Å². The first-order valence-corrected chi connectivity index (χ1v) is 8.45. The fraction of sp³-hybridized carbons (Fsp3) is 0.667. The normalized spacial score (nSPS) is 21.9. The number of nitrogens with one attached hydrogen (secondary N) is 1. The molecule has 1 aromatic carbocycles. The van der Waals surface area contributed by atoms with Gasteiger partial charge in [0.25, 0.3) is 0 Å². The van der Waals surface area contributed by atoms with Gasteiger partial charge in [-0.05, 0) is 56.7 Å². The molecule has 116 valence electrons. The number of ether oxygens (including phenoxy) is 1. The molecule has 3 rings (SSSR count). The molecule has 0 spiro atoms. The highest BCUT2D eigenvalue weighted by Gasteiger charge is 2.26. The summed E-state index contributed by atoms with van der Waals surface area (Å²) in [5.41, 5.74) is 1.23. The summed E-state index contributed by atoms with van der Waals surface area (Å²) in [5.74, 6) is 1.98. The van der Waals surface area contributed by atoms with Crippen molar-refractivity contribution >= 4 is 0 Å². The van der Waals surface area contributed by atoms with Crippen LogP contribution in [-0.2, 0) is 0 Å². The van der Waals surface area contributed by atoms with E-state index < -0.39 is 0 Å². The quantitative estimate of drug-likeness (QED) is 0.796. The second-order valence-electron chi connectivity index (χ2n) is 6.61. The Morgan fingerprint density at radius 3 is 2.76 bits per heavy atom. The van der Waals surface area contributed by atoms with Crippen molar-refractivity contribution in [3.05, 3.63) is 29.8 Å². The van der Waals surface area contributed by atoms with E-state index in [1.54, 1.807) is 0 Å². The zero-order chi connectivity index (χ0) is 14.5. The Balaban J connectivity index is 1.45. The SMILES string of the molecule is Cc1ccccc1OCCN(CC1CC1)CC1CCCN1. The monoisotopic (exact) mass is 288 g/mol. The summed E-state index contributed by atoms with van der Waals surface area (Å²) in [6, 6.07) is 8.99. The largest absolute Gasteiger partial charge is 0.492 e. The molecule has 3 nitrogen and oxygen atoms in total. The predicted molar refractivity (Wildman–Crippen MR) is 86.9 cm³/mol. The number of benzene rings is 1. The maximum absolute atomic E-state index is 5.97. The zero-order valence-corrected chi connectivity index (χ0v) is 13.2. The van der Waals surface area contributed by atoms with E-state index in [2.05, 4.69) is 35.3 Å². The molecule has 3 heteroatoms. The Morgan fingerprint density at radius 2 is 2.05 bits per heavy atom. The molecular formula is C18H28N2O. The molecule has 2 aliphatic rings. The van der Waals surface area contributed by atoms with Crippen molar-refractivity contribution in [2.75, 3.05) is 32.8 Å². The van der Waals surface area contributed by atoms with Gasteiger partial charge in [-0.2, -0.15) is 0 Å². The lowest BCUT2D eigenvalue weighted by atomic mass is 10.2. The van der Waals surface area contributed by atoms with Crippen molar-refractivity contribution in [2.24, 2.45) is 5.92 Å². The van der Waals surface area contributed by atoms with Gasteiger partial charge in [-0.1, -0.05) is 18.2 Å². The lowest BCUT2D eigenvalue weighted by Crippen LogP contribution is -2.40. The molecule has 1 atom stereocenters. The highest BCUT2D eigenvalue weighted by Crippen LogP contribution is 2.30. The lowest BCUT2D eigenvalue weighted by molar-refractivity contribution is 0.190. The van der Waals surface area contributed by atoms with Crippen molar-refractivity contribution in [3.8, 4) is 5.75 Å². The molecule has 2 fully saturated rings. The van der Waals surface area contributed by atoms with Crippen LogP contribution in [0.4, 0.5) is 0 Å². The third-order valence-electron chi connectivity index (χ3n) is 4.61. The summed E-state index contributed by atoms with van der Waals surface area (Å²) in [5, 5.41) is 3.62. The minimum absolute atomic E-state index is 0.696. The third-order valence-corrected chi connectivity index (χ3v) is 4.61. The van der Waals surface area contributed by atoms with Gasteiger partial charge in [-0.25, -0.2) is 0 Å². The predicted octanol–water partition coefficient (Wildman–Crippen LogP) is 2.84. The van der Waals surface area contributed by atoms with Gasteiger partial charge < -0.3 is 10.1 Å². The van der Waals surface area contributed by atoms with E-state index in [4.69, 9.17) is 4.74 Å².